The van der Waals surface area contributed by atoms with Crippen molar-refractivity contribution >= 4 is 26.0 Å². The number of aromatic nitrogens is 1. The summed E-state index contributed by atoms with van der Waals surface area (Å²) in [6, 6.07) is 9.97. The molecule has 1 heterocycles. The van der Waals surface area contributed by atoms with E-state index in [-0.39, 0.29) is 10.9 Å². The van der Waals surface area contributed by atoms with E-state index >= 15 is 0 Å². The Balaban J connectivity index is 2.25. The molecule has 2 aromatic rings. The molecule has 0 fully saturated rings. The van der Waals surface area contributed by atoms with Crippen molar-refractivity contribution in [3.63, 3.8) is 0 Å². The van der Waals surface area contributed by atoms with Crippen LogP contribution in [0.2, 0.25) is 0 Å². The van der Waals surface area contributed by atoms with Gasteiger partial charge in [0.25, 0.3) is 0 Å². The zero-order chi connectivity index (χ0) is 14.8. The highest BCUT2D eigenvalue weighted by molar-refractivity contribution is 9.10. The molecule has 4 nitrogen and oxygen atoms in total. The molecule has 2 rings (SSSR count). The maximum Gasteiger partial charge on any atom is 0.241 e. The lowest BCUT2D eigenvalue weighted by Crippen LogP contribution is -2.27. The van der Waals surface area contributed by atoms with Crippen molar-refractivity contribution in [1.29, 1.82) is 0 Å². The standard InChI is InChI=1S/C14H15BrN2O2S/c1-10-9-12(6-7-13(10)15)20(18,19)17-11(2)14-5-3-4-8-16-14/h3-9,11,17H,1-2H3/t11-/m1/s1. The van der Waals surface area contributed by atoms with E-state index in [4.69, 9.17) is 0 Å². The number of nitrogens with one attached hydrogen (secondary N) is 1. The smallest absolute Gasteiger partial charge is 0.241 e. The van der Waals surface area contributed by atoms with Gasteiger partial charge in [0.05, 0.1) is 16.6 Å². The second-order valence-corrected chi connectivity index (χ2v) is 7.08. The van der Waals surface area contributed by atoms with Gasteiger partial charge in [-0.1, -0.05) is 22.0 Å². The van der Waals surface area contributed by atoms with E-state index in [1.54, 1.807) is 43.5 Å². The third-order valence-corrected chi connectivity index (χ3v) is 5.33. The van der Waals surface area contributed by atoms with Crippen molar-refractivity contribution in [3.8, 4) is 0 Å². The van der Waals surface area contributed by atoms with Crippen molar-refractivity contribution < 1.29 is 8.42 Å². The van der Waals surface area contributed by atoms with E-state index in [2.05, 4.69) is 25.6 Å². The summed E-state index contributed by atoms with van der Waals surface area (Å²) >= 11 is 3.36. The zero-order valence-corrected chi connectivity index (χ0v) is 13.6. The molecule has 0 aliphatic heterocycles. The molecule has 1 aromatic carbocycles. The molecule has 1 aromatic heterocycles. The molecule has 0 spiro atoms. The minimum atomic E-state index is -3.56. The predicted octanol–water partition coefficient (Wildman–Crippen LogP) is 3.19. The normalized spacial score (nSPS) is 13.2. The van der Waals surface area contributed by atoms with E-state index in [0.29, 0.717) is 5.69 Å². The Hall–Kier alpha value is -1.24. The van der Waals surface area contributed by atoms with Crippen molar-refractivity contribution in [1.82, 2.24) is 9.71 Å². The molecule has 6 heteroatoms. The first-order chi connectivity index (χ1) is 9.40. The topological polar surface area (TPSA) is 59.1 Å². The molecule has 0 amide bonds. The molecule has 0 aliphatic carbocycles. The summed E-state index contributed by atoms with van der Waals surface area (Å²) in [5.74, 6) is 0. The highest BCUT2D eigenvalue weighted by Gasteiger charge is 2.19. The molecule has 0 radical (unpaired) electrons. The Morgan fingerprint density at radius 1 is 1.25 bits per heavy atom. The fourth-order valence-corrected chi connectivity index (χ4v) is 3.33. The monoisotopic (exact) mass is 354 g/mol. The van der Waals surface area contributed by atoms with E-state index < -0.39 is 10.0 Å². The number of aryl methyl sites for hydroxylation is 1. The lowest BCUT2D eigenvalue weighted by molar-refractivity contribution is 0.564. The Kier molecular flexibility index (Phi) is 4.57. The molecule has 106 valence electrons. The molecule has 20 heavy (non-hydrogen) atoms. The maximum atomic E-state index is 12.3. The van der Waals surface area contributed by atoms with Crippen LogP contribution in [0.15, 0.2) is 52.0 Å². The Labute approximate surface area is 127 Å². The molecule has 0 saturated carbocycles. The van der Waals surface area contributed by atoms with Gasteiger partial charge in [0.15, 0.2) is 0 Å². The number of halogens is 1. The van der Waals surface area contributed by atoms with Crippen molar-refractivity contribution in [2.24, 2.45) is 0 Å². The summed E-state index contributed by atoms with van der Waals surface area (Å²) in [6.45, 7) is 3.62. The molecule has 1 atom stereocenters. The van der Waals surface area contributed by atoms with Gasteiger partial charge in [0.1, 0.15) is 0 Å². The largest absolute Gasteiger partial charge is 0.260 e. The van der Waals surface area contributed by atoms with E-state index in [9.17, 15) is 8.42 Å². The van der Waals surface area contributed by atoms with Crippen LogP contribution in [0.4, 0.5) is 0 Å². The van der Waals surface area contributed by atoms with Crippen LogP contribution in [0.25, 0.3) is 0 Å². The predicted molar refractivity (Wildman–Crippen MR) is 81.9 cm³/mol. The fraction of sp³-hybridized carbons (Fsp3) is 0.214. The van der Waals surface area contributed by atoms with Gasteiger partial charge in [0, 0.05) is 10.7 Å². The van der Waals surface area contributed by atoms with Gasteiger partial charge in [-0.2, -0.15) is 0 Å². The van der Waals surface area contributed by atoms with E-state index in [1.807, 2.05) is 13.0 Å². The SMILES string of the molecule is Cc1cc(S(=O)(=O)N[C@H](C)c2ccccn2)ccc1Br. The Bertz CT molecular complexity index is 702. The quantitative estimate of drug-likeness (QED) is 0.916. The summed E-state index contributed by atoms with van der Waals surface area (Å²) in [4.78, 5) is 4.40. The van der Waals surface area contributed by atoms with Gasteiger partial charge in [-0.3, -0.25) is 4.98 Å². The van der Waals surface area contributed by atoms with Gasteiger partial charge >= 0.3 is 0 Å². The summed E-state index contributed by atoms with van der Waals surface area (Å²) in [5.41, 5.74) is 1.56. The average molecular weight is 355 g/mol. The van der Waals surface area contributed by atoms with E-state index in [1.165, 1.54) is 0 Å². The number of pyridine rings is 1. The third kappa shape index (κ3) is 3.45. The second kappa shape index (κ2) is 6.03. The summed E-state index contributed by atoms with van der Waals surface area (Å²) in [6.07, 6.45) is 1.64. The van der Waals surface area contributed by atoms with Gasteiger partial charge in [-0.15, -0.1) is 0 Å². The Morgan fingerprint density at radius 2 is 2.00 bits per heavy atom. The van der Waals surface area contributed by atoms with Gasteiger partial charge in [-0.25, -0.2) is 13.1 Å². The zero-order valence-electron chi connectivity index (χ0n) is 11.2. The third-order valence-electron chi connectivity index (χ3n) is 2.90. The van der Waals surface area contributed by atoms with E-state index in [0.717, 1.165) is 10.0 Å². The lowest BCUT2D eigenvalue weighted by Gasteiger charge is -2.14. The number of rotatable bonds is 4. The molecule has 0 unspecified atom stereocenters. The highest BCUT2D eigenvalue weighted by atomic mass is 79.9. The maximum absolute atomic E-state index is 12.3. The van der Waals surface area contributed by atoms with Gasteiger partial charge in [0.2, 0.25) is 10.0 Å². The first-order valence-corrected chi connectivity index (χ1v) is 8.37. The van der Waals surface area contributed by atoms with Gasteiger partial charge in [-0.05, 0) is 49.7 Å². The molecular weight excluding hydrogens is 340 g/mol. The van der Waals surface area contributed by atoms with Crippen LogP contribution in [0.5, 0.6) is 0 Å². The number of hydrogen-bond acceptors (Lipinski definition) is 3. The molecular formula is C14H15BrN2O2S. The summed E-state index contributed by atoms with van der Waals surface area (Å²) in [7, 11) is -3.56. The highest BCUT2D eigenvalue weighted by Crippen LogP contribution is 2.21. The molecule has 0 saturated heterocycles. The fourth-order valence-electron chi connectivity index (χ4n) is 1.78. The summed E-state index contributed by atoms with van der Waals surface area (Å²) in [5, 5.41) is 0. The Morgan fingerprint density at radius 3 is 2.60 bits per heavy atom. The molecule has 0 aliphatic rings. The van der Waals surface area contributed by atoms with Crippen molar-refractivity contribution in [2.75, 3.05) is 0 Å². The number of benzene rings is 1. The minimum absolute atomic E-state index is 0.251. The van der Waals surface area contributed by atoms with Crippen LogP contribution >= 0.6 is 15.9 Å². The van der Waals surface area contributed by atoms with Crippen LogP contribution in [-0.2, 0) is 10.0 Å². The minimum Gasteiger partial charge on any atom is -0.260 e. The lowest BCUT2D eigenvalue weighted by atomic mass is 10.2. The summed E-state index contributed by atoms with van der Waals surface area (Å²) < 4.78 is 28.2. The van der Waals surface area contributed by atoms with Crippen molar-refractivity contribution in [2.45, 2.75) is 24.8 Å². The van der Waals surface area contributed by atoms with Gasteiger partial charge < -0.3 is 0 Å². The number of hydrogen-bond donors (Lipinski definition) is 1. The first-order valence-electron chi connectivity index (χ1n) is 6.09. The number of sulfonamides is 1. The first kappa shape index (κ1) is 15.2. The number of nitrogens with zero attached hydrogens (tertiary/aromatic N) is 1. The second-order valence-electron chi connectivity index (χ2n) is 4.51. The van der Waals surface area contributed by atoms with Crippen LogP contribution in [0.1, 0.15) is 24.2 Å². The van der Waals surface area contributed by atoms with Crippen LogP contribution in [-0.4, -0.2) is 13.4 Å². The molecule has 0 bridgehead atoms. The van der Waals surface area contributed by atoms with Crippen LogP contribution in [0.3, 0.4) is 0 Å². The van der Waals surface area contributed by atoms with Crippen molar-refractivity contribution in [3.05, 3.63) is 58.3 Å². The van der Waals surface area contributed by atoms with Crippen LogP contribution < -0.4 is 4.72 Å². The average Bonchev–Trinajstić information content (AvgIpc) is 2.42. The molecule has 1 N–H and O–H groups in total. The van der Waals surface area contributed by atoms with Crippen LogP contribution in [0, 0.1) is 6.92 Å².